The van der Waals surface area contributed by atoms with Gasteiger partial charge in [-0.2, -0.15) is 0 Å². The molecule has 0 aromatic rings. The van der Waals surface area contributed by atoms with Gasteiger partial charge in [-0.25, -0.2) is 0 Å². The molecule has 8 unspecified atom stereocenters. The molecular formula is C42H78N2O25. The molecule has 16 atom stereocenters. The highest BCUT2D eigenvalue weighted by atomic mass is 16.9. The molecule has 0 spiro atoms. The number of carbonyl (C=O) groups is 2. The van der Waals surface area contributed by atoms with Gasteiger partial charge in [0.25, 0.3) is 5.97 Å². The molecule has 0 bridgehead atoms. The fourth-order valence-electron chi connectivity index (χ4n) is 7.57. The number of rotatable bonds is 36. The zero-order valence-electron chi connectivity index (χ0n) is 39.6. The molecule has 3 rings (SSSR count). The van der Waals surface area contributed by atoms with E-state index < -0.39 is 143 Å². The first-order valence-electron chi connectivity index (χ1n) is 23.3. The number of hydrogen-bond acceptors (Lipinski definition) is 25. The minimum absolute atomic E-state index is 0.0333. The summed E-state index contributed by atoms with van der Waals surface area (Å²) in [5.41, 5.74) is 0. The Morgan fingerprint density at radius 2 is 1.14 bits per heavy atom. The Hall–Kier alpha value is -1.98. The summed E-state index contributed by atoms with van der Waals surface area (Å²) < 4.78 is 73.3. The van der Waals surface area contributed by atoms with E-state index in [1.165, 1.54) is 0 Å². The van der Waals surface area contributed by atoms with Gasteiger partial charge in [-0.3, -0.25) is 9.59 Å². The monoisotopic (exact) mass is 1010 g/mol. The second-order valence-electron chi connectivity index (χ2n) is 16.4. The van der Waals surface area contributed by atoms with Gasteiger partial charge in [-0.1, -0.05) is 19.8 Å². The summed E-state index contributed by atoms with van der Waals surface area (Å²) in [5.74, 6) is -3.99. The fraction of sp³-hybridized carbons (Fsp3) is 0.952. The molecule has 0 radical (unpaired) electrons. The molecule has 2 amide bonds. The fourth-order valence-corrected chi connectivity index (χ4v) is 7.57. The van der Waals surface area contributed by atoms with Crippen molar-refractivity contribution in [2.45, 2.75) is 144 Å². The van der Waals surface area contributed by atoms with Gasteiger partial charge in [0.05, 0.1) is 118 Å². The molecule has 3 aliphatic heterocycles. The lowest BCUT2D eigenvalue weighted by Crippen LogP contribution is -2.70. The second-order valence-corrected chi connectivity index (χ2v) is 16.4. The maximum atomic E-state index is 12.3. The molecule has 3 heterocycles. The summed E-state index contributed by atoms with van der Waals surface area (Å²) in [6.45, 7) is 5.07. The first-order valence-corrected chi connectivity index (χ1v) is 23.3. The van der Waals surface area contributed by atoms with Crippen molar-refractivity contribution in [3.8, 4) is 0 Å². The third kappa shape index (κ3) is 20.5. The normalized spacial score (nSPS) is 32.7. The highest BCUT2D eigenvalue weighted by molar-refractivity contribution is 5.73. The van der Waals surface area contributed by atoms with Crippen LogP contribution in [0, 0.1) is 0 Å². The Kier molecular flexibility index (Phi) is 29.9. The summed E-state index contributed by atoms with van der Waals surface area (Å²) in [4.78, 5) is 24.3. The van der Waals surface area contributed by atoms with Crippen LogP contribution in [0.3, 0.4) is 0 Å². The molecule has 12 N–H and O–H groups in total. The van der Waals surface area contributed by atoms with Crippen molar-refractivity contribution in [1.29, 1.82) is 0 Å². The number of aliphatic hydroxyl groups excluding tert-OH is 10. The highest BCUT2D eigenvalue weighted by Crippen LogP contribution is 2.38. The molecule has 3 fully saturated rings. The Bertz CT molecular complexity index is 1380. The van der Waals surface area contributed by atoms with Crippen molar-refractivity contribution in [3.63, 3.8) is 0 Å². The van der Waals surface area contributed by atoms with Gasteiger partial charge >= 0.3 is 0 Å². The summed E-state index contributed by atoms with van der Waals surface area (Å²) in [6, 6.07) is -2.80. The van der Waals surface area contributed by atoms with Crippen LogP contribution in [0.25, 0.3) is 0 Å². The van der Waals surface area contributed by atoms with Crippen molar-refractivity contribution < 1.29 is 122 Å². The second kappa shape index (κ2) is 33.7. The predicted octanol–water partition coefficient (Wildman–Crippen LogP) is -5.93. The molecule has 0 aromatic heterocycles. The molecule has 406 valence electrons. The maximum absolute atomic E-state index is 12.3. The van der Waals surface area contributed by atoms with Crippen molar-refractivity contribution in [1.82, 2.24) is 10.6 Å². The summed E-state index contributed by atoms with van der Waals surface area (Å²) in [6.07, 6.45) is -20.6. The average molecular weight is 1010 g/mol. The van der Waals surface area contributed by atoms with Crippen LogP contribution in [0.15, 0.2) is 0 Å². The van der Waals surface area contributed by atoms with Crippen LogP contribution in [-0.4, -0.2) is 273 Å². The lowest BCUT2D eigenvalue weighted by molar-refractivity contribution is -0.467. The number of nitrogens with one attached hydrogen (secondary N) is 2. The highest BCUT2D eigenvalue weighted by Gasteiger charge is 2.58. The number of aliphatic hydroxyl groups is 10. The van der Waals surface area contributed by atoms with Gasteiger partial charge in [0.1, 0.15) is 73.9 Å². The molecule has 0 saturated carbocycles. The quantitative estimate of drug-likeness (QED) is 0.0205. The van der Waals surface area contributed by atoms with Gasteiger partial charge in [0.2, 0.25) is 11.8 Å². The number of ether oxygens (including phenoxy) is 13. The van der Waals surface area contributed by atoms with Crippen LogP contribution in [-0.2, 0) is 71.2 Å². The van der Waals surface area contributed by atoms with E-state index in [0.717, 1.165) is 39.7 Å². The Labute approximate surface area is 401 Å². The van der Waals surface area contributed by atoms with Crippen LogP contribution >= 0.6 is 0 Å². The van der Waals surface area contributed by atoms with Crippen LogP contribution in [0.1, 0.15) is 46.5 Å². The smallest absolute Gasteiger partial charge is 0.288 e. The molecule has 27 heteroatoms. The maximum Gasteiger partial charge on any atom is 0.288 e. The molecule has 0 aromatic carbocycles. The third-order valence-electron chi connectivity index (χ3n) is 11.0. The van der Waals surface area contributed by atoms with Gasteiger partial charge in [0.15, 0.2) is 12.6 Å². The van der Waals surface area contributed by atoms with Crippen molar-refractivity contribution in [2.75, 3.05) is 113 Å². The first kappa shape index (κ1) is 61.3. The average Bonchev–Trinajstić information content (AvgIpc) is 3.32. The van der Waals surface area contributed by atoms with E-state index in [1.54, 1.807) is 0 Å². The standard InChI is InChI=1S/C42H78N2O25/c1-4-5-6-7-57-8-9-58-10-11-59-12-13-60-14-15-61-16-17-62-18-19-63-40-32(44-26(3)50)35(55)37(30(23-47)66-40)67-41-36(56)39(34(54)29(22-46)65-41)69-42(64-24-48)20-27(51)31(43-25(2)49)38(68-42)33(53)28(52)21-45/h27-41,45-48,51-56H,4-24H2,1-3H3,(H,43,49)(H,44,50)/t27?,28-,29?,30?,31?,32?,33-,34+,35-,36?,37-,38?,39+,40-,41+,42?/m1/s1. The van der Waals surface area contributed by atoms with Gasteiger partial charge < -0.3 is 123 Å². The third-order valence-corrected chi connectivity index (χ3v) is 11.0. The SMILES string of the molecule is CCCCCOCCOCCOCCOCCOCCOCCO[C@@H]1OC(CO)[C@@H](O[C@@H]2OC(CO)[C@H](O)[C@H](OC3(OCO)CC(O)C(NC(C)=O)C([C@H](O)[C@H](O)CO)O3)C2O)[C@H](O)C1NC(C)=O. The number of hydrogen-bond donors (Lipinski definition) is 12. The van der Waals surface area contributed by atoms with Crippen LogP contribution in [0.2, 0.25) is 0 Å². The lowest BCUT2D eigenvalue weighted by Gasteiger charge is -2.51. The molecule has 0 aliphatic carbocycles. The van der Waals surface area contributed by atoms with Crippen molar-refractivity contribution >= 4 is 11.8 Å². The van der Waals surface area contributed by atoms with Crippen molar-refractivity contribution in [2.24, 2.45) is 0 Å². The van der Waals surface area contributed by atoms with E-state index in [0.29, 0.717) is 52.9 Å². The summed E-state index contributed by atoms with van der Waals surface area (Å²) in [7, 11) is 0. The number of unbranched alkanes of at least 4 members (excludes halogenated alkanes) is 2. The van der Waals surface area contributed by atoms with Crippen LogP contribution in [0.5, 0.6) is 0 Å². The van der Waals surface area contributed by atoms with E-state index in [2.05, 4.69) is 17.6 Å². The summed E-state index contributed by atoms with van der Waals surface area (Å²) >= 11 is 0. The van der Waals surface area contributed by atoms with E-state index >= 15 is 0 Å². The van der Waals surface area contributed by atoms with Gasteiger partial charge in [-0.15, -0.1) is 0 Å². The van der Waals surface area contributed by atoms with E-state index in [1.807, 2.05) is 0 Å². The van der Waals surface area contributed by atoms with E-state index in [4.69, 9.17) is 61.6 Å². The first-order chi connectivity index (χ1) is 33.2. The predicted molar refractivity (Wildman–Crippen MR) is 230 cm³/mol. The zero-order valence-corrected chi connectivity index (χ0v) is 39.6. The van der Waals surface area contributed by atoms with Gasteiger partial charge in [-0.05, 0) is 6.42 Å². The Morgan fingerprint density at radius 3 is 1.64 bits per heavy atom. The largest absolute Gasteiger partial charge is 0.394 e. The number of carbonyl (C=O) groups excluding carboxylic acids is 2. The molecular weight excluding hydrogens is 932 g/mol. The zero-order chi connectivity index (χ0) is 50.8. The van der Waals surface area contributed by atoms with Crippen LogP contribution in [0.4, 0.5) is 0 Å². The molecule has 27 nitrogen and oxygen atoms in total. The molecule has 3 saturated heterocycles. The minimum atomic E-state index is -2.68. The van der Waals surface area contributed by atoms with Gasteiger partial charge in [0, 0.05) is 20.5 Å². The Balaban J connectivity index is 1.51. The molecule has 3 aliphatic rings. The van der Waals surface area contributed by atoms with E-state index in [9.17, 15) is 60.7 Å². The summed E-state index contributed by atoms with van der Waals surface area (Å²) in [5, 5.41) is 111. The molecule has 69 heavy (non-hydrogen) atoms. The number of amides is 2. The van der Waals surface area contributed by atoms with E-state index in [-0.39, 0.29) is 26.4 Å². The topological polar surface area (TPSA) is 380 Å². The minimum Gasteiger partial charge on any atom is -0.394 e. The Morgan fingerprint density at radius 1 is 0.638 bits per heavy atom. The van der Waals surface area contributed by atoms with Crippen LogP contribution < -0.4 is 10.6 Å². The van der Waals surface area contributed by atoms with Crippen molar-refractivity contribution in [3.05, 3.63) is 0 Å². The lowest BCUT2D eigenvalue weighted by atomic mass is 9.91.